The van der Waals surface area contributed by atoms with Gasteiger partial charge in [-0.15, -0.1) is 0 Å². The lowest BCUT2D eigenvalue weighted by Gasteiger charge is -2.26. The number of amides is 2. The molecule has 0 aromatic carbocycles. The van der Waals surface area contributed by atoms with Crippen LogP contribution in [0.25, 0.3) is 0 Å². The molecule has 0 saturated carbocycles. The maximum atomic E-state index is 12.7. The second-order valence-electron chi connectivity index (χ2n) is 5.73. The fourth-order valence-corrected chi connectivity index (χ4v) is 2.71. The lowest BCUT2D eigenvalue weighted by atomic mass is 10.2. The molecule has 1 aliphatic heterocycles. The van der Waals surface area contributed by atoms with Crippen LogP contribution in [0.2, 0.25) is 0 Å². The smallest absolute Gasteiger partial charge is 0.274 e. The lowest BCUT2D eigenvalue weighted by molar-refractivity contribution is -0.130. The number of aromatic nitrogens is 4. The van der Waals surface area contributed by atoms with Crippen molar-refractivity contribution in [2.45, 2.75) is 40.4 Å². The Balaban J connectivity index is 1.76. The summed E-state index contributed by atoms with van der Waals surface area (Å²) in [4.78, 5) is 31.7. The van der Waals surface area contributed by atoms with Crippen molar-refractivity contribution in [3.8, 4) is 0 Å². The molecular formula is C15H20N6O3. The van der Waals surface area contributed by atoms with Crippen LogP contribution < -0.4 is 0 Å². The third-order valence-corrected chi connectivity index (χ3v) is 4.03. The third kappa shape index (κ3) is 3.15. The van der Waals surface area contributed by atoms with Crippen molar-refractivity contribution in [1.82, 2.24) is 29.7 Å². The number of nitrogens with zero attached hydrogens (tertiary/aromatic N) is 6. The number of hydrogen-bond acceptors (Lipinski definition) is 6. The molecule has 24 heavy (non-hydrogen) atoms. The fraction of sp³-hybridized carbons (Fsp3) is 0.533. The van der Waals surface area contributed by atoms with Gasteiger partial charge < -0.3 is 14.3 Å². The Bertz CT molecular complexity index is 765. The molecule has 128 valence electrons. The van der Waals surface area contributed by atoms with Gasteiger partial charge in [0.2, 0.25) is 11.8 Å². The van der Waals surface area contributed by atoms with Crippen LogP contribution >= 0.6 is 0 Å². The molecule has 0 bridgehead atoms. The average Bonchev–Trinajstić information content (AvgIpc) is 3.16. The first-order chi connectivity index (χ1) is 11.5. The largest absolute Gasteiger partial charge is 0.340 e. The van der Waals surface area contributed by atoms with E-state index in [0.717, 1.165) is 5.69 Å². The molecule has 0 radical (unpaired) electrons. The molecule has 2 aromatic rings. The summed E-state index contributed by atoms with van der Waals surface area (Å²) >= 11 is 0. The van der Waals surface area contributed by atoms with Gasteiger partial charge in [-0.2, -0.15) is 10.1 Å². The molecule has 9 nitrogen and oxygen atoms in total. The Morgan fingerprint density at radius 2 is 2.17 bits per heavy atom. The van der Waals surface area contributed by atoms with E-state index in [1.807, 2.05) is 6.92 Å². The summed E-state index contributed by atoms with van der Waals surface area (Å²) < 4.78 is 6.73. The van der Waals surface area contributed by atoms with Gasteiger partial charge >= 0.3 is 0 Å². The van der Waals surface area contributed by atoms with Crippen molar-refractivity contribution >= 4 is 11.8 Å². The fourth-order valence-electron chi connectivity index (χ4n) is 2.71. The van der Waals surface area contributed by atoms with E-state index in [0.29, 0.717) is 43.6 Å². The van der Waals surface area contributed by atoms with Crippen molar-refractivity contribution in [2.24, 2.45) is 0 Å². The predicted molar refractivity (Wildman–Crippen MR) is 82.8 cm³/mol. The first-order valence-corrected chi connectivity index (χ1v) is 7.88. The number of aryl methyl sites for hydroxylation is 1. The molecule has 0 unspecified atom stereocenters. The molecule has 0 atom stereocenters. The molecule has 0 aliphatic carbocycles. The predicted octanol–water partition coefficient (Wildman–Crippen LogP) is 0.599. The first kappa shape index (κ1) is 16.2. The van der Waals surface area contributed by atoms with Crippen molar-refractivity contribution in [3.63, 3.8) is 0 Å². The number of carbonyl (C=O) groups excluding carboxylic acids is 2. The van der Waals surface area contributed by atoms with Gasteiger partial charge in [0.05, 0.1) is 25.3 Å². The Morgan fingerprint density at radius 1 is 1.38 bits per heavy atom. The zero-order valence-corrected chi connectivity index (χ0v) is 14.0. The molecule has 3 heterocycles. The van der Waals surface area contributed by atoms with Crippen LogP contribution in [0.1, 0.15) is 41.7 Å². The quantitative estimate of drug-likeness (QED) is 0.813. The van der Waals surface area contributed by atoms with E-state index in [2.05, 4.69) is 15.2 Å². The SMILES string of the molecule is CCN(Cc1noc(C)n1)C(=O)c1cc2n(n1)CCN(C(C)=O)C2. The van der Waals surface area contributed by atoms with Gasteiger partial charge in [-0.05, 0) is 13.0 Å². The van der Waals surface area contributed by atoms with E-state index >= 15 is 0 Å². The Labute approximate surface area is 139 Å². The van der Waals surface area contributed by atoms with Crippen LogP contribution in [-0.2, 0) is 24.4 Å². The summed E-state index contributed by atoms with van der Waals surface area (Å²) in [6.45, 7) is 7.60. The summed E-state index contributed by atoms with van der Waals surface area (Å²) in [7, 11) is 0. The number of hydrogen-bond donors (Lipinski definition) is 0. The molecule has 0 N–H and O–H groups in total. The van der Waals surface area contributed by atoms with Gasteiger partial charge in [0.15, 0.2) is 11.5 Å². The van der Waals surface area contributed by atoms with Gasteiger partial charge in [0.25, 0.3) is 5.91 Å². The Hall–Kier alpha value is -2.71. The van der Waals surface area contributed by atoms with E-state index in [4.69, 9.17) is 4.52 Å². The summed E-state index contributed by atoms with van der Waals surface area (Å²) in [5.41, 5.74) is 1.24. The summed E-state index contributed by atoms with van der Waals surface area (Å²) in [5.74, 6) is 0.777. The van der Waals surface area contributed by atoms with E-state index in [-0.39, 0.29) is 18.4 Å². The summed E-state index contributed by atoms with van der Waals surface area (Å²) in [5, 5.41) is 8.21. The lowest BCUT2D eigenvalue weighted by Crippen LogP contribution is -2.36. The highest BCUT2D eigenvalue weighted by Crippen LogP contribution is 2.16. The van der Waals surface area contributed by atoms with Crippen LogP contribution in [0.4, 0.5) is 0 Å². The van der Waals surface area contributed by atoms with Crippen molar-refractivity contribution in [1.29, 1.82) is 0 Å². The highest BCUT2D eigenvalue weighted by Gasteiger charge is 2.25. The van der Waals surface area contributed by atoms with Crippen LogP contribution in [0.15, 0.2) is 10.6 Å². The van der Waals surface area contributed by atoms with Gasteiger partial charge in [0, 0.05) is 26.9 Å². The molecule has 2 aromatic heterocycles. The van der Waals surface area contributed by atoms with Crippen LogP contribution in [0.5, 0.6) is 0 Å². The highest BCUT2D eigenvalue weighted by molar-refractivity contribution is 5.92. The van der Waals surface area contributed by atoms with Gasteiger partial charge in [-0.1, -0.05) is 5.16 Å². The van der Waals surface area contributed by atoms with Gasteiger partial charge in [-0.3, -0.25) is 14.3 Å². The van der Waals surface area contributed by atoms with Crippen LogP contribution in [0, 0.1) is 6.92 Å². The van der Waals surface area contributed by atoms with E-state index < -0.39 is 0 Å². The molecule has 1 aliphatic rings. The van der Waals surface area contributed by atoms with E-state index in [1.165, 1.54) is 0 Å². The molecule has 9 heteroatoms. The molecule has 0 spiro atoms. The topological polar surface area (TPSA) is 97.4 Å². The average molecular weight is 332 g/mol. The van der Waals surface area contributed by atoms with Crippen LogP contribution in [0.3, 0.4) is 0 Å². The summed E-state index contributed by atoms with van der Waals surface area (Å²) in [6.07, 6.45) is 0. The zero-order chi connectivity index (χ0) is 17.3. The zero-order valence-electron chi connectivity index (χ0n) is 14.0. The maximum absolute atomic E-state index is 12.7. The van der Waals surface area contributed by atoms with Gasteiger partial charge in [0.1, 0.15) is 0 Å². The van der Waals surface area contributed by atoms with Crippen molar-refractivity contribution in [3.05, 3.63) is 29.2 Å². The number of carbonyl (C=O) groups is 2. The standard InChI is InChI=1S/C15H20N6O3/c1-4-19(9-14-16-10(2)24-18-14)15(23)13-7-12-8-20(11(3)22)5-6-21(12)17-13/h7H,4-6,8-9H2,1-3H3. The third-order valence-electron chi connectivity index (χ3n) is 4.03. The normalized spacial score (nSPS) is 13.7. The van der Waals surface area contributed by atoms with Gasteiger partial charge in [-0.25, -0.2) is 0 Å². The summed E-state index contributed by atoms with van der Waals surface area (Å²) in [6, 6.07) is 1.75. The van der Waals surface area contributed by atoms with Crippen molar-refractivity contribution in [2.75, 3.05) is 13.1 Å². The Kier molecular flexibility index (Phi) is 4.32. The van der Waals surface area contributed by atoms with Crippen molar-refractivity contribution < 1.29 is 14.1 Å². The second kappa shape index (κ2) is 6.42. The number of fused-ring (bicyclic) bond motifs is 1. The highest BCUT2D eigenvalue weighted by atomic mass is 16.5. The van der Waals surface area contributed by atoms with E-state index in [9.17, 15) is 9.59 Å². The minimum atomic E-state index is -0.184. The molecule has 0 fully saturated rings. The second-order valence-corrected chi connectivity index (χ2v) is 5.73. The van der Waals surface area contributed by atoms with E-state index in [1.54, 1.807) is 34.4 Å². The minimum Gasteiger partial charge on any atom is -0.340 e. The maximum Gasteiger partial charge on any atom is 0.274 e. The monoisotopic (exact) mass is 332 g/mol. The molecule has 0 saturated heterocycles. The van der Waals surface area contributed by atoms with Crippen LogP contribution in [-0.4, -0.2) is 54.6 Å². The minimum absolute atomic E-state index is 0.0259. The molecule has 3 rings (SSSR count). The first-order valence-electron chi connectivity index (χ1n) is 7.88. The number of rotatable bonds is 4. The molecular weight excluding hydrogens is 312 g/mol. The Morgan fingerprint density at radius 3 is 2.79 bits per heavy atom. The molecule has 2 amide bonds.